The molecule has 1 amide bonds. The van der Waals surface area contributed by atoms with Crippen molar-refractivity contribution < 1.29 is 23.1 Å². The van der Waals surface area contributed by atoms with Crippen molar-refractivity contribution in [2.75, 3.05) is 11.0 Å². The van der Waals surface area contributed by atoms with Gasteiger partial charge < -0.3 is 10.4 Å². The average Bonchev–Trinajstić information content (AvgIpc) is 2.70. The van der Waals surface area contributed by atoms with E-state index in [1.54, 1.807) is 6.92 Å². The molecule has 0 aliphatic rings. The minimum atomic E-state index is -3.41. The lowest BCUT2D eigenvalue weighted by Crippen LogP contribution is -2.41. The monoisotopic (exact) mass is 321 g/mol. The number of carboxylic acid groups (broad SMARTS) is 1. The van der Waals surface area contributed by atoms with Crippen molar-refractivity contribution in [3.8, 4) is 0 Å². The largest absolute Gasteiger partial charge is 0.480 e. The van der Waals surface area contributed by atoms with Gasteiger partial charge in [0.2, 0.25) is 15.9 Å². The van der Waals surface area contributed by atoms with E-state index in [0.29, 0.717) is 5.69 Å². The smallest absolute Gasteiger partial charge is 0.326 e. The zero-order valence-electron chi connectivity index (χ0n) is 10.9. The zero-order valence-corrected chi connectivity index (χ0v) is 12.5. The number of nitrogens with zero attached hydrogens (tertiary/aromatic N) is 1. The fourth-order valence-electron chi connectivity index (χ4n) is 1.34. The maximum Gasteiger partial charge on any atom is 0.326 e. The molecule has 1 aromatic rings. The summed E-state index contributed by atoms with van der Waals surface area (Å²) in [5.41, 5.74) is 0.374. The van der Waals surface area contributed by atoms with Crippen LogP contribution in [-0.4, -0.2) is 42.7 Å². The third kappa shape index (κ3) is 5.53. The van der Waals surface area contributed by atoms with Gasteiger partial charge >= 0.3 is 5.97 Å². The lowest BCUT2D eigenvalue weighted by molar-refractivity contribution is -0.141. The van der Waals surface area contributed by atoms with Gasteiger partial charge in [-0.3, -0.25) is 9.52 Å². The van der Waals surface area contributed by atoms with E-state index in [0.717, 1.165) is 17.6 Å². The van der Waals surface area contributed by atoms with Gasteiger partial charge in [-0.25, -0.2) is 18.2 Å². The number of thiazole rings is 1. The molecular weight excluding hydrogens is 306 g/mol. The number of amides is 1. The molecule has 8 nitrogen and oxygen atoms in total. The predicted octanol–water partition coefficient (Wildman–Crippen LogP) is 0.0365. The first-order chi connectivity index (χ1) is 9.21. The molecule has 0 aromatic carbocycles. The van der Waals surface area contributed by atoms with Gasteiger partial charge in [-0.15, -0.1) is 11.3 Å². The molecule has 0 bridgehead atoms. The number of carboxylic acids is 1. The average molecular weight is 321 g/mol. The highest BCUT2D eigenvalue weighted by Crippen LogP contribution is 2.16. The predicted molar refractivity (Wildman–Crippen MR) is 74.1 cm³/mol. The molecule has 1 unspecified atom stereocenters. The van der Waals surface area contributed by atoms with E-state index in [2.05, 4.69) is 15.0 Å². The van der Waals surface area contributed by atoms with Gasteiger partial charge in [0.15, 0.2) is 5.13 Å². The Balaban J connectivity index is 2.61. The van der Waals surface area contributed by atoms with Crippen LogP contribution < -0.4 is 10.0 Å². The summed E-state index contributed by atoms with van der Waals surface area (Å²) in [7, 11) is -3.41. The highest BCUT2D eigenvalue weighted by molar-refractivity contribution is 7.92. The summed E-state index contributed by atoms with van der Waals surface area (Å²) in [4.78, 5) is 26.3. The van der Waals surface area contributed by atoms with Crippen LogP contribution in [0.1, 0.15) is 19.0 Å². The summed E-state index contributed by atoms with van der Waals surface area (Å²) in [5.74, 6) is -1.57. The molecule has 0 aliphatic carbocycles. The van der Waals surface area contributed by atoms with E-state index in [1.165, 1.54) is 5.38 Å². The summed E-state index contributed by atoms with van der Waals surface area (Å²) >= 11 is 1.05. The Bertz CT molecular complexity index is 596. The van der Waals surface area contributed by atoms with Crippen molar-refractivity contribution in [2.24, 2.45) is 0 Å². The van der Waals surface area contributed by atoms with E-state index in [1.807, 2.05) is 0 Å². The number of hydrogen-bond acceptors (Lipinski definition) is 6. The highest BCUT2D eigenvalue weighted by atomic mass is 32.2. The van der Waals surface area contributed by atoms with Gasteiger partial charge in [-0.1, -0.05) is 6.92 Å². The number of rotatable bonds is 7. The standard InChI is InChI=1S/C10H15N3O5S2/c1-3-7(9(15)16)12-8(14)4-6-5-19-10(11-6)13-20(2,17)18/h5,7H,3-4H2,1-2H3,(H,11,13)(H,12,14)(H,15,16). The van der Waals surface area contributed by atoms with Gasteiger partial charge in [0.05, 0.1) is 18.4 Å². The third-order valence-electron chi connectivity index (χ3n) is 2.21. The van der Waals surface area contributed by atoms with Crippen molar-refractivity contribution in [2.45, 2.75) is 25.8 Å². The van der Waals surface area contributed by atoms with Crippen molar-refractivity contribution in [1.29, 1.82) is 0 Å². The molecule has 10 heteroatoms. The highest BCUT2D eigenvalue weighted by Gasteiger charge is 2.18. The molecule has 0 saturated heterocycles. The molecule has 1 atom stereocenters. The van der Waals surface area contributed by atoms with Crippen molar-refractivity contribution in [1.82, 2.24) is 10.3 Å². The van der Waals surface area contributed by atoms with Crippen LogP contribution in [0.25, 0.3) is 0 Å². The molecule has 0 spiro atoms. The summed E-state index contributed by atoms with van der Waals surface area (Å²) in [6.45, 7) is 1.65. The Morgan fingerprint density at radius 3 is 2.65 bits per heavy atom. The number of aliphatic carboxylic acids is 1. The van der Waals surface area contributed by atoms with Gasteiger partial charge in [0.25, 0.3) is 0 Å². The second-order valence-electron chi connectivity index (χ2n) is 4.06. The van der Waals surface area contributed by atoms with E-state index < -0.39 is 27.9 Å². The van der Waals surface area contributed by atoms with Crippen LogP contribution in [0, 0.1) is 0 Å². The third-order valence-corrected chi connectivity index (χ3v) is 3.71. The van der Waals surface area contributed by atoms with Crippen LogP contribution in [0.2, 0.25) is 0 Å². The molecule has 1 heterocycles. The van der Waals surface area contributed by atoms with Crippen LogP contribution >= 0.6 is 11.3 Å². The Kier molecular flexibility index (Phi) is 5.45. The van der Waals surface area contributed by atoms with E-state index in [9.17, 15) is 18.0 Å². The van der Waals surface area contributed by atoms with Gasteiger partial charge in [0, 0.05) is 5.38 Å². The number of nitrogens with one attached hydrogen (secondary N) is 2. The number of carbonyl (C=O) groups excluding carboxylic acids is 1. The van der Waals surface area contributed by atoms with Crippen molar-refractivity contribution in [3.05, 3.63) is 11.1 Å². The van der Waals surface area contributed by atoms with Crippen LogP contribution in [-0.2, 0) is 26.0 Å². The van der Waals surface area contributed by atoms with Crippen molar-refractivity contribution >= 4 is 38.4 Å². The summed E-state index contributed by atoms with van der Waals surface area (Å²) in [5, 5.41) is 12.9. The quantitative estimate of drug-likeness (QED) is 0.651. The molecule has 0 radical (unpaired) electrons. The van der Waals surface area contributed by atoms with E-state index in [4.69, 9.17) is 5.11 Å². The molecule has 1 rings (SSSR count). The van der Waals surface area contributed by atoms with Gasteiger partial charge in [-0.2, -0.15) is 0 Å². The topological polar surface area (TPSA) is 125 Å². The number of sulfonamides is 1. The second kappa shape index (κ2) is 6.66. The lowest BCUT2D eigenvalue weighted by Gasteiger charge is -2.11. The molecule has 20 heavy (non-hydrogen) atoms. The molecule has 0 saturated carbocycles. The maximum absolute atomic E-state index is 11.6. The van der Waals surface area contributed by atoms with Gasteiger partial charge in [0.1, 0.15) is 6.04 Å². The van der Waals surface area contributed by atoms with Gasteiger partial charge in [-0.05, 0) is 6.42 Å². The Hall–Kier alpha value is -1.68. The molecule has 1 aromatic heterocycles. The molecular formula is C10H15N3O5S2. The number of hydrogen-bond donors (Lipinski definition) is 3. The molecule has 3 N–H and O–H groups in total. The first-order valence-electron chi connectivity index (χ1n) is 5.65. The Morgan fingerprint density at radius 1 is 1.50 bits per heavy atom. The zero-order chi connectivity index (χ0) is 15.3. The minimum Gasteiger partial charge on any atom is -0.480 e. The second-order valence-corrected chi connectivity index (χ2v) is 6.67. The summed E-state index contributed by atoms with van der Waals surface area (Å²) < 4.78 is 24.2. The van der Waals surface area contributed by atoms with Crippen LogP contribution in [0.3, 0.4) is 0 Å². The fourth-order valence-corrected chi connectivity index (χ4v) is 2.91. The Morgan fingerprint density at radius 2 is 2.15 bits per heavy atom. The lowest BCUT2D eigenvalue weighted by atomic mass is 10.2. The SMILES string of the molecule is CCC(NC(=O)Cc1csc(NS(C)(=O)=O)n1)C(=O)O. The number of aromatic nitrogens is 1. The fraction of sp³-hybridized carbons (Fsp3) is 0.500. The molecule has 0 fully saturated rings. The van der Waals surface area contributed by atoms with Crippen LogP contribution in [0.15, 0.2) is 5.38 Å². The van der Waals surface area contributed by atoms with Crippen molar-refractivity contribution in [3.63, 3.8) is 0 Å². The molecule has 0 aliphatic heterocycles. The molecule has 112 valence electrons. The van der Waals surface area contributed by atoms with Crippen LogP contribution in [0.5, 0.6) is 0 Å². The number of carbonyl (C=O) groups is 2. The normalized spacial score (nSPS) is 12.7. The van der Waals surface area contributed by atoms with Crippen LogP contribution in [0.4, 0.5) is 5.13 Å². The first-order valence-corrected chi connectivity index (χ1v) is 8.42. The number of anilines is 1. The first kappa shape index (κ1) is 16.4. The summed E-state index contributed by atoms with van der Waals surface area (Å²) in [6.07, 6.45) is 1.17. The summed E-state index contributed by atoms with van der Waals surface area (Å²) in [6, 6.07) is -0.935. The Labute approximate surface area is 120 Å². The maximum atomic E-state index is 11.6. The van der Waals surface area contributed by atoms with E-state index in [-0.39, 0.29) is 18.0 Å². The van der Waals surface area contributed by atoms with E-state index >= 15 is 0 Å². The minimum absolute atomic E-state index is 0.105.